The van der Waals surface area contributed by atoms with Gasteiger partial charge in [-0.15, -0.1) is 0 Å². The van der Waals surface area contributed by atoms with E-state index in [4.69, 9.17) is 0 Å². The van der Waals surface area contributed by atoms with Crippen LogP contribution in [0, 0.1) is 0 Å². The van der Waals surface area contributed by atoms with Crippen molar-refractivity contribution in [3.63, 3.8) is 0 Å². The van der Waals surface area contributed by atoms with E-state index >= 15 is 0 Å². The van der Waals surface area contributed by atoms with Crippen molar-refractivity contribution in [2.45, 2.75) is 59.8 Å². The summed E-state index contributed by atoms with van der Waals surface area (Å²) in [5.74, 6) is 0. The molecule has 13 heavy (non-hydrogen) atoms. The van der Waals surface area contributed by atoms with Gasteiger partial charge < -0.3 is 0 Å². The van der Waals surface area contributed by atoms with E-state index in [0.717, 1.165) is 0 Å². The van der Waals surface area contributed by atoms with Gasteiger partial charge in [0.1, 0.15) is 0 Å². The molecule has 0 saturated carbocycles. The van der Waals surface area contributed by atoms with Gasteiger partial charge >= 0.3 is 0 Å². The van der Waals surface area contributed by atoms with E-state index in [1.165, 1.54) is 32.1 Å². The molecular formula is C13H24. The quantitative estimate of drug-likeness (QED) is 0.466. The number of hydrogen-bond donors (Lipinski definition) is 0. The third kappa shape index (κ3) is 5.68. The first-order chi connectivity index (χ1) is 6.33. The monoisotopic (exact) mass is 180 g/mol. The second-order valence-electron chi connectivity index (χ2n) is 3.39. The van der Waals surface area contributed by atoms with Gasteiger partial charge in [0.15, 0.2) is 0 Å². The van der Waals surface area contributed by atoms with Gasteiger partial charge in [0.05, 0.1) is 0 Å². The number of hydrogen-bond acceptors (Lipinski definition) is 0. The lowest BCUT2D eigenvalue weighted by atomic mass is 9.96. The lowest BCUT2D eigenvalue weighted by molar-refractivity contribution is 0.745. The zero-order valence-electron chi connectivity index (χ0n) is 9.69. The first-order valence-electron chi connectivity index (χ1n) is 5.62. The molecule has 1 aliphatic rings. The molecule has 1 rings (SSSR count). The number of allylic oxidation sites excluding steroid dienone is 4. The van der Waals surface area contributed by atoms with E-state index in [0.29, 0.717) is 0 Å². The molecule has 0 N–H and O–H groups in total. The molecule has 0 heteroatoms. The van der Waals surface area contributed by atoms with Crippen LogP contribution in [-0.4, -0.2) is 0 Å². The van der Waals surface area contributed by atoms with E-state index in [1.807, 2.05) is 13.8 Å². The molecule has 0 bridgehead atoms. The summed E-state index contributed by atoms with van der Waals surface area (Å²) in [7, 11) is 0. The zero-order chi connectivity index (χ0) is 10.1. The summed E-state index contributed by atoms with van der Waals surface area (Å²) < 4.78 is 0. The Bertz CT molecular complexity index is 172. The Labute approximate surface area is 83.7 Å². The fourth-order valence-electron chi connectivity index (χ4n) is 1.55. The Balaban J connectivity index is 0.000000671. The maximum absolute atomic E-state index is 2.40. The third-order valence-electron chi connectivity index (χ3n) is 2.44. The van der Waals surface area contributed by atoms with E-state index in [2.05, 4.69) is 26.0 Å². The summed E-state index contributed by atoms with van der Waals surface area (Å²) in [6.07, 6.45) is 11.2. The summed E-state index contributed by atoms with van der Waals surface area (Å²) in [6, 6.07) is 0. The molecule has 0 amide bonds. The van der Waals surface area contributed by atoms with Gasteiger partial charge in [0.2, 0.25) is 0 Å². The highest BCUT2D eigenvalue weighted by Gasteiger charge is 2.00. The summed E-state index contributed by atoms with van der Waals surface area (Å²) in [5, 5.41) is 0. The standard InChI is InChI=1S/C11H18.C2H6/c1-3-11-7-5-4-6-10(2)8-9-11;1-2/h3,6H,4-5,7-9H2,1-2H3;1-2H3/b10-6-,11-3-;. The van der Waals surface area contributed by atoms with E-state index in [1.54, 1.807) is 11.1 Å². The molecule has 0 nitrogen and oxygen atoms in total. The van der Waals surface area contributed by atoms with Crippen LogP contribution in [0.15, 0.2) is 23.3 Å². The van der Waals surface area contributed by atoms with Gasteiger partial charge in [-0.3, -0.25) is 0 Å². The minimum Gasteiger partial charge on any atom is -0.0884 e. The van der Waals surface area contributed by atoms with Crippen LogP contribution in [0.4, 0.5) is 0 Å². The molecule has 0 heterocycles. The van der Waals surface area contributed by atoms with Crippen molar-refractivity contribution in [2.24, 2.45) is 0 Å². The normalized spacial score (nSPS) is 24.9. The Morgan fingerprint density at radius 2 is 1.85 bits per heavy atom. The van der Waals surface area contributed by atoms with Crippen molar-refractivity contribution in [2.75, 3.05) is 0 Å². The Morgan fingerprint density at radius 3 is 2.46 bits per heavy atom. The fourth-order valence-corrected chi connectivity index (χ4v) is 1.55. The van der Waals surface area contributed by atoms with Crippen LogP contribution >= 0.6 is 0 Å². The topological polar surface area (TPSA) is 0 Å². The molecule has 76 valence electrons. The van der Waals surface area contributed by atoms with Crippen molar-refractivity contribution in [1.29, 1.82) is 0 Å². The maximum Gasteiger partial charge on any atom is -0.0283 e. The van der Waals surface area contributed by atoms with Crippen molar-refractivity contribution < 1.29 is 0 Å². The largest absolute Gasteiger partial charge is 0.0884 e. The lowest BCUT2D eigenvalue weighted by Crippen LogP contribution is -1.90. The minimum atomic E-state index is 1.28. The van der Waals surface area contributed by atoms with Gasteiger partial charge in [-0.25, -0.2) is 0 Å². The van der Waals surface area contributed by atoms with Crippen LogP contribution in [0.25, 0.3) is 0 Å². The van der Waals surface area contributed by atoms with Crippen LogP contribution in [0.2, 0.25) is 0 Å². The molecule has 0 aromatic heterocycles. The highest BCUT2D eigenvalue weighted by atomic mass is 14.1. The van der Waals surface area contributed by atoms with E-state index in [9.17, 15) is 0 Å². The summed E-state index contributed by atoms with van der Waals surface area (Å²) in [5.41, 5.74) is 3.22. The second-order valence-corrected chi connectivity index (χ2v) is 3.39. The predicted molar refractivity (Wildman–Crippen MR) is 61.9 cm³/mol. The average molecular weight is 180 g/mol. The molecule has 1 aliphatic carbocycles. The van der Waals surface area contributed by atoms with Crippen LogP contribution in [0.1, 0.15) is 59.8 Å². The lowest BCUT2D eigenvalue weighted by Gasteiger charge is -2.10. The van der Waals surface area contributed by atoms with Crippen molar-refractivity contribution in [3.05, 3.63) is 23.3 Å². The molecule has 0 atom stereocenters. The SMILES string of the molecule is C/C=C1/CCC/C=C(/C)CC1.CC. The predicted octanol–water partition coefficient (Wildman–Crippen LogP) is 4.87. The van der Waals surface area contributed by atoms with Crippen LogP contribution in [0.3, 0.4) is 0 Å². The highest BCUT2D eigenvalue weighted by molar-refractivity contribution is 5.08. The van der Waals surface area contributed by atoms with Gasteiger partial charge in [-0.1, -0.05) is 37.1 Å². The van der Waals surface area contributed by atoms with Crippen LogP contribution < -0.4 is 0 Å². The van der Waals surface area contributed by atoms with Gasteiger partial charge in [-0.2, -0.15) is 0 Å². The van der Waals surface area contributed by atoms with E-state index in [-0.39, 0.29) is 0 Å². The minimum absolute atomic E-state index is 1.28. The highest BCUT2D eigenvalue weighted by Crippen LogP contribution is 2.20. The molecule has 0 unspecified atom stereocenters. The first kappa shape index (κ1) is 12.5. The Morgan fingerprint density at radius 1 is 1.15 bits per heavy atom. The third-order valence-corrected chi connectivity index (χ3v) is 2.44. The van der Waals surface area contributed by atoms with Crippen molar-refractivity contribution >= 4 is 0 Å². The first-order valence-corrected chi connectivity index (χ1v) is 5.62. The zero-order valence-corrected chi connectivity index (χ0v) is 9.69. The number of rotatable bonds is 0. The molecule has 0 aromatic rings. The average Bonchev–Trinajstić information content (AvgIpc) is 2.16. The smallest absolute Gasteiger partial charge is 0.0283 e. The fraction of sp³-hybridized carbons (Fsp3) is 0.692. The molecule has 0 aromatic carbocycles. The summed E-state index contributed by atoms with van der Waals surface area (Å²) in [6.45, 7) is 8.41. The molecule has 0 fully saturated rings. The van der Waals surface area contributed by atoms with Crippen molar-refractivity contribution in [3.8, 4) is 0 Å². The summed E-state index contributed by atoms with van der Waals surface area (Å²) in [4.78, 5) is 0. The second kappa shape index (κ2) is 8.10. The maximum atomic E-state index is 2.40. The van der Waals surface area contributed by atoms with Gasteiger partial charge in [0, 0.05) is 0 Å². The molecule has 0 spiro atoms. The van der Waals surface area contributed by atoms with Gasteiger partial charge in [0.25, 0.3) is 0 Å². The Hall–Kier alpha value is -0.520. The van der Waals surface area contributed by atoms with Crippen LogP contribution in [0.5, 0.6) is 0 Å². The van der Waals surface area contributed by atoms with Crippen molar-refractivity contribution in [1.82, 2.24) is 0 Å². The van der Waals surface area contributed by atoms with Gasteiger partial charge in [-0.05, 0) is 46.0 Å². The molecular weight excluding hydrogens is 156 g/mol. The van der Waals surface area contributed by atoms with E-state index < -0.39 is 0 Å². The molecule has 0 radical (unpaired) electrons. The summed E-state index contributed by atoms with van der Waals surface area (Å²) >= 11 is 0. The molecule has 0 saturated heterocycles. The Kier molecular flexibility index (Phi) is 7.77. The van der Waals surface area contributed by atoms with Crippen LogP contribution in [-0.2, 0) is 0 Å². The molecule has 0 aliphatic heterocycles.